The molecule has 0 bridgehead atoms. The average molecular weight is 405 g/mol. The van der Waals surface area contributed by atoms with Gasteiger partial charge in [-0.15, -0.1) is 11.3 Å². The Labute approximate surface area is 172 Å². The minimum absolute atomic E-state index is 0.0330. The predicted octanol–water partition coefficient (Wildman–Crippen LogP) is 3.85. The largest absolute Gasteiger partial charge is 0.377 e. The molecule has 7 heteroatoms. The van der Waals surface area contributed by atoms with Crippen LogP contribution in [-0.2, 0) is 22.6 Å². The van der Waals surface area contributed by atoms with Gasteiger partial charge in [0.15, 0.2) is 5.96 Å². The molecule has 0 radical (unpaired) electrons. The van der Waals surface area contributed by atoms with E-state index in [1.165, 1.54) is 5.56 Å². The van der Waals surface area contributed by atoms with E-state index in [1.807, 2.05) is 32.2 Å². The highest BCUT2D eigenvalue weighted by atomic mass is 32.1. The summed E-state index contributed by atoms with van der Waals surface area (Å²) < 4.78 is 11.1. The van der Waals surface area contributed by atoms with Gasteiger partial charge >= 0.3 is 0 Å². The molecule has 2 aromatic rings. The molecule has 28 heavy (non-hydrogen) atoms. The molecule has 0 amide bonds. The summed E-state index contributed by atoms with van der Waals surface area (Å²) in [6.45, 7) is 5.04. The third-order valence-electron chi connectivity index (χ3n) is 4.35. The number of aliphatic imine (C=N–C) groups is 1. The summed E-state index contributed by atoms with van der Waals surface area (Å²) in [5.74, 6) is 0.875. The molecule has 0 fully saturated rings. The van der Waals surface area contributed by atoms with Crippen LogP contribution in [0.1, 0.15) is 42.1 Å². The Balaban J connectivity index is 1.63. The Hall–Kier alpha value is -1.96. The first-order valence-corrected chi connectivity index (χ1v) is 10.5. The molecule has 0 aliphatic carbocycles. The summed E-state index contributed by atoms with van der Waals surface area (Å²) in [6, 6.07) is 10.3. The van der Waals surface area contributed by atoms with Crippen LogP contribution >= 0.6 is 11.3 Å². The average Bonchev–Trinajstić information content (AvgIpc) is 3.18. The Morgan fingerprint density at radius 2 is 2.07 bits per heavy atom. The van der Waals surface area contributed by atoms with Gasteiger partial charge in [0.1, 0.15) is 11.1 Å². The monoisotopic (exact) mass is 404 g/mol. The fourth-order valence-electron chi connectivity index (χ4n) is 2.68. The van der Waals surface area contributed by atoms with Gasteiger partial charge in [0.25, 0.3) is 0 Å². The number of unbranched alkanes of at least 4 members (excludes halogenated alkanes) is 1. The molecule has 1 aromatic carbocycles. The zero-order valence-corrected chi connectivity index (χ0v) is 18.2. The van der Waals surface area contributed by atoms with Crippen LogP contribution in [0.5, 0.6) is 0 Å². The van der Waals surface area contributed by atoms with E-state index in [0.717, 1.165) is 42.7 Å². The number of rotatable bonds is 11. The van der Waals surface area contributed by atoms with Crippen molar-refractivity contribution in [3.63, 3.8) is 0 Å². The van der Waals surface area contributed by atoms with Crippen LogP contribution in [0, 0.1) is 0 Å². The van der Waals surface area contributed by atoms with Crippen LogP contribution in [0.3, 0.4) is 0 Å². The smallest absolute Gasteiger partial charge is 0.193 e. The first-order chi connectivity index (χ1) is 13.6. The van der Waals surface area contributed by atoms with Gasteiger partial charge in [-0.1, -0.05) is 30.3 Å². The molecule has 0 aliphatic rings. The zero-order chi connectivity index (χ0) is 20.2. The molecule has 6 nitrogen and oxygen atoms in total. The molecule has 1 heterocycles. The first-order valence-electron chi connectivity index (χ1n) is 9.64. The molecule has 0 saturated carbocycles. The molecule has 1 unspecified atom stereocenters. The number of hydrogen-bond donors (Lipinski definition) is 1. The van der Waals surface area contributed by atoms with Crippen LogP contribution in [-0.4, -0.2) is 50.2 Å². The highest BCUT2D eigenvalue weighted by Gasteiger charge is 2.12. The molecular weight excluding hydrogens is 372 g/mol. The SMILES string of the molecule is CN=C(NCCCCOCc1ccccc1)N(C)Cc1csc(C(C)OC)n1. The van der Waals surface area contributed by atoms with Crippen molar-refractivity contribution in [3.05, 3.63) is 52.0 Å². The fraction of sp³-hybridized carbons (Fsp3) is 0.524. The maximum absolute atomic E-state index is 5.72. The number of benzene rings is 1. The maximum Gasteiger partial charge on any atom is 0.193 e. The van der Waals surface area contributed by atoms with Crippen LogP contribution < -0.4 is 5.32 Å². The number of methoxy groups -OCH3 is 1. The van der Waals surface area contributed by atoms with E-state index in [2.05, 4.69) is 37.7 Å². The Kier molecular flexibility index (Phi) is 9.96. The van der Waals surface area contributed by atoms with E-state index in [1.54, 1.807) is 25.5 Å². The van der Waals surface area contributed by atoms with Crippen molar-refractivity contribution in [1.29, 1.82) is 0 Å². The van der Waals surface area contributed by atoms with Gasteiger partial charge in [0.2, 0.25) is 0 Å². The highest BCUT2D eigenvalue weighted by molar-refractivity contribution is 7.09. The van der Waals surface area contributed by atoms with Crippen molar-refractivity contribution in [1.82, 2.24) is 15.2 Å². The van der Waals surface area contributed by atoms with Gasteiger partial charge in [-0.3, -0.25) is 4.99 Å². The summed E-state index contributed by atoms with van der Waals surface area (Å²) in [5.41, 5.74) is 2.25. The fourth-order valence-corrected chi connectivity index (χ4v) is 3.52. The second-order valence-electron chi connectivity index (χ2n) is 6.63. The van der Waals surface area contributed by atoms with Gasteiger partial charge in [-0.25, -0.2) is 4.98 Å². The van der Waals surface area contributed by atoms with Crippen LogP contribution in [0.2, 0.25) is 0 Å². The van der Waals surface area contributed by atoms with Gasteiger partial charge in [0.05, 0.1) is 18.8 Å². The highest BCUT2D eigenvalue weighted by Crippen LogP contribution is 2.20. The van der Waals surface area contributed by atoms with E-state index in [4.69, 9.17) is 9.47 Å². The van der Waals surface area contributed by atoms with Crippen LogP contribution in [0.4, 0.5) is 0 Å². The molecular formula is C21H32N4O2S. The lowest BCUT2D eigenvalue weighted by Crippen LogP contribution is -2.39. The van der Waals surface area contributed by atoms with Crippen LogP contribution in [0.25, 0.3) is 0 Å². The number of hydrogen-bond acceptors (Lipinski definition) is 5. The molecule has 0 spiro atoms. The summed E-state index contributed by atoms with van der Waals surface area (Å²) in [4.78, 5) is 11.1. The summed E-state index contributed by atoms with van der Waals surface area (Å²) >= 11 is 1.63. The van der Waals surface area contributed by atoms with Crippen molar-refractivity contribution in [2.24, 2.45) is 4.99 Å². The lowest BCUT2D eigenvalue weighted by molar-refractivity contribution is 0.117. The van der Waals surface area contributed by atoms with E-state index in [0.29, 0.717) is 13.2 Å². The lowest BCUT2D eigenvalue weighted by Gasteiger charge is -2.21. The predicted molar refractivity (Wildman–Crippen MR) is 116 cm³/mol. The topological polar surface area (TPSA) is 59.0 Å². The molecule has 1 aromatic heterocycles. The molecule has 0 aliphatic heterocycles. The van der Waals surface area contributed by atoms with Gasteiger partial charge in [0, 0.05) is 39.7 Å². The number of nitrogens with one attached hydrogen (secondary N) is 1. The van der Waals surface area contributed by atoms with Gasteiger partial charge < -0.3 is 19.7 Å². The Bertz CT molecular complexity index is 705. The molecule has 0 saturated heterocycles. The van der Waals surface area contributed by atoms with E-state index < -0.39 is 0 Å². The van der Waals surface area contributed by atoms with Crippen molar-refractivity contribution in [2.75, 3.05) is 34.4 Å². The summed E-state index contributed by atoms with van der Waals surface area (Å²) in [6.07, 6.45) is 2.09. The van der Waals surface area contributed by atoms with E-state index >= 15 is 0 Å². The second-order valence-corrected chi connectivity index (χ2v) is 7.52. The van der Waals surface area contributed by atoms with E-state index in [-0.39, 0.29) is 6.10 Å². The number of thiazole rings is 1. The Morgan fingerprint density at radius 3 is 2.79 bits per heavy atom. The number of nitrogens with zero attached hydrogens (tertiary/aromatic N) is 3. The van der Waals surface area contributed by atoms with Crippen molar-refractivity contribution in [2.45, 2.75) is 39.0 Å². The quantitative estimate of drug-likeness (QED) is 0.350. The third kappa shape index (κ3) is 7.58. The van der Waals surface area contributed by atoms with E-state index in [9.17, 15) is 0 Å². The number of aromatic nitrogens is 1. The molecule has 1 N–H and O–H groups in total. The first kappa shape index (κ1) is 22.3. The number of guanidine groups is 1. The standard InChI is InChI=1S/C21H32N4O2S/c1-17(26-4)20-24-19(16-28-20)14-25(3)21(22-2)23-12-8-9-13-27-15-18-10-6-5-7-11-18/h5-7,10-11,16-17H,8-9,12-15H2,1-4H3,(H,22,23). The number of ether oxygens (including phenoxy) is 2. The van der Waals surface area contributed by atoms with Crippen molar-refractivity contribution >= 4 is 17.3 Å². The van der Waals surface area contributed by atoms with Crippen molar-refractivity contribution in [3.8, 4) is 0 Å². The third-order valence-corrected chi connectivity index (χ3v) is 5.41. The summed E-state index contributed by atoms with van der Waals surface area (Å²) in [7, 11) is 5.54. The minimum atomic E-state index is 0.0330. The Morgan fingerprint density at radius 1 is 1.29 bits per heavy atom. The van der Waals surface area contributed by atoms with Gasteiger partial charge in [-0.2, -0.15) is 0 Å². The second kappa shape index (κ2) is 12.5. The molecule has 154 valence electrons. The maximum atomic E-state index is 5.72. The zero-order valence-electron chi connectivity index (χ0n) is 17.4. The molecule has 2 rings (SSSR count). The molecule has 1 atom stereocenters. The van der Waals surface area contributed by atoms with Crippen molar-refractivity contribution < 1.29 is 9.47 Å². The lowest BCUT2D eigenvalue weighted by atomic mass is 10.2. The normalized spacial score (nSPS) is 12.8. The summed E-state index contributed by atoms with van der Waals surface area (Å²) in [5, 5.41) is 6.50. The van der Waals surface area contributed by atoms with Crippen LogP contribution in [0.15, 0.2) is 40.7 Å². The van der Waals surface area contributed by atoms with Gasteiger partial charge in [-0.05, 0) is 25.3 Å². The minimum Gasteiger partial charge on any atom is -0.377 e.